The molecule has 2 nitrogen and oxygen atoms in total. The highest BCUT2D eigenvalue weighted by Gasteiger charge is 2.22. The van der Waals surface area contributed by atoms with Crippen molar-refractivity contribution in [1.29, 1.82) is 0 Å². The number of hydrogen-bond acceptors (Lipinski definition) is 2. The molecule has 1 aromatic carbocycles. The van der Waals surface area contributed by atoms with Gasteiger partial charge in [-0.3, -0.25) is 4.79 Å². The van der Waals surface area contributed by atoms with Crippen LogP contribution in [-0.2, 0) is 9.53 Å². The van der Waals surface area contributed by atoms with Gasteiger partial charge in [-0.2, -0.15) is 0 Å². The van der Waals surface area contributed by atoms with Crippen LogP contribution in [0.15, 0.2) is 24.3 Å². The highest BCUT2D eigenvalue weighted by molar-refractivity contribution is 5.73. The number of carbonyl (C=O) groups is 1. The number of carbonyl (C=O) groups excluding carboxylic acids is 1. The largest absolute Gasteiger partial charge is 0.466 e. The number of esters is 1. The van der Waals surface area contributed by atoms with Crippen LogP contribution in [0.5, 0.6) is 0 Å². The van der Waals surface area contributed by atoms with Gasteiger partial charge in [0.25, 0.3) is 0 Å². The minimum absolute atomic E-state index is 0.0275. The number of ether oxygens (including phenoxy) is 1. The van der Waals surface area contributed by atoms with Crippen LogP contribution in [-0.4, -0.2) is 12.6 Å². The highest BCUT2D eigenvalue weighted by Crippen LogP contribution is 2.25. The van der Waals surface area contributed by atoms with Crippen molar-refractivity contribution in [2.24, 2.45) is 5.92 Å². The predicted octanol–water partition coefficient (Wildman–Crippen LogP) is 3.13. The predicted molar refractivity (Wildman–Crippen MR) is 60.6 cm³/mol. The van der Waals surface area contributed by atoms with Crippen LogP contribution in [0.4, 0.5) is 4.39 Å². The Bertz CT molecular complexity index is 345. The summed E-state index contributed by atoms with van der Waals surface area (Å²) in [5.74, 6) is -0.663. The monoisotopic (exact) mass is 224 g/mol. The van der Waals surface area contributed by atoms with Gasteiger partial charge in [0.15, 0.2) is 0 Å². The SMILES string of the molecule is CCOC(=O)C(C)C(C)c1ccc(F)cc1. The molecule has 0 aliphatic heterocycles. The third kappa shape index (κ3) is 3.05. The van der Waals surface area contributed by atoms with E-state index in [0.29, 0.717) is 6.61 Å². The maximum Gasteiger partial charge on any atom is 0.309 e. The summed E-state index contributed by atoms with van der Waals surface area (Å²) >= 11 is 0. The quantitative estimate of drug-likeness (QED) is 0.734. The third-order valence-corrected chi connectivity index (χ3v) is 2.80. The molecule has 0 saturated heterocycles. The van der Waals surface area contributed by atoms with E-state index in [4.69, 9.17) is 4.74 Å². The number of halogens is 1. The van der Waals surface area contributed by atoms with E-state index < -0.39 is 0 Å². The first-order valence-electron chi connectivity index (χ1n) is 5.48. The third-order valence-electron chi connectivity index (χ3n) is 2.80. The average molecular weight is 224 g/mol. The number of benzene rings is 1. The first-order valence-corrected chi connectivity index (χ1v) is 5.48. The molecule has 0 saturated carbocycles. The Morgan fingerprint density at radius 2 is 1.88 bits per heavy atom. The molecule has 16 heavy (non-hydrogen) atoms. The molecule has 0 bridgehead atoms. The summed E-state index contributed by atoms with van der Waals surface area (Å²) < 4.78 is 17.7. The summed E-state index contributed by atoms with van der Waals surface area (Å²) in [5.41, 5.74) is 0.946. The van der Waals surface area contributed by atoms with Gasteiger partial charge < -0.3 is 4.74 Å². The molecule has 0 radical (unpaired) electrons. The lowest BCUT2D eigenvalue weighted by Gasteiger charge is -2.18. The normalized spacial score (nSPS) is 14.2. The lowest BCUT2D eigenvalue weighted by atomic mass is 9.89. The van der Waals surface area contributed by atoms with E-state index in [1.165, 1.54) is 12.1 Å². The average Bonchev–Trinajstić information content (AvgIpc) is 2.28. The van der Waals surface area contributed by atoms with E-state index in [1.807, 2.05) is 13.8 Å². The zero-order valence-corrected chi connectivity index (χ0v) is 9.87. The van der Waals surface area contributed by atoms with Gasteiger partial charge in [0, 0.05) is 0 Å². The molecule has 0 aliphatic carbocycles. The summed E-state index contributed by atoms with van der Waals surface area (Å²) in [6.45, 7) is 5.94. The summed E-state index contributed by atoms with van der Waals surface area (Å²) in [6, 6.07) is 6.22. The lowest BCUT2D eigenvalue weighted by Crippen LogP contribution is -2.20. The molecule has 0 amide bonds. The van der Waals surface area contributed by atoms with Crippen molar-refractivity contribution >= 4 is 5.97 Å². The van der Waals surface area contributed by atoms with Crippen molar-refractivity contribution in [3.63, 3.8) is 0 Å². The maximum absolute atomic E-state index is 12.7. The summed E-state index contributed by atoms with van der Waals surface area (Å²) in [7, 11) is 0. The van der Waals surface area contributed by atoms with E-state index in [9.17, 15) is 9.18 Å². The Kier molecular flexibility index (Phi) is 4.47. The Hall–Kier alpha value is -1.38. The van der Waals surface area contributed by atoms with Gasteiger partial charge in [0.05, 0.1) is 12.5 Å². The molecule has 2 atom stereocenters. The maximum atomic E-state index is 12.7. The van der Waals surface area contributed by atoms with Crippen LogP contribution in [0.3, 0.4) is 0 Å². The van der Waals surface area contributed by atoms with Crippen molar-refractivity contribution in [2.45, 2.75) is 26.7 Å². The van der Waals surface area contributed by atoms with Crippen molar-refractivity contribution in [3.8, 4) is 0 Å². The van der Waals surface area contributed by atoms with Gasteiger partial charge in [-0.05, 0) is 30.5 Å². The molecule has 1 rings (SSSR count). The Morgan fingerprint density at radius 3 is 2.38 bits per heavy atom. The Balaban J connectivity index is 2.73. The van der Waals surface area contributed by atoms with Crippen molar-refractivity contribution < 1.29 is 13.9 Å². The van der Waals surface area contributed by atoms with Gasteiger partial charge in [0.1, 0.15) is 5.82 Å². The zero-order valence-electron chi connectivity index (χ0n) is 9.87. The van der Waals surface area contributed by atoms with Gasteiger partial charge in [-0.25, -0.2) is 4.39 Å². The van der Waals surface area contributed by atoms with Crippen LogP contribution < -0.4 is 0 Å². The second-order valence-corrected chi connectivity index (χ2v) is 3.88. The first kappa shape index (κ1) is 12.7. The van der Waals surface area contributed by atoms with Gasteiger partial charge in [0.2, 0.25) is 0 Å². The summed E-state index contributed by atoms with van der Waals surface area (Å²) in [6.07, 6.45) is 0. The van der Waals surface area contributed by atoms with Crippen molar-refractivity contribution in [1.82, 2.24) is 0 Å². The topological polar surface area (TPSA) is 26.3 Å². The van der Waals surface area contributed by atoms with Crippen LogP contribution in [0, 0.1) is 11.7 Å². The molecule has 0 heterocycles. The van der Waals surface area contributed by atoms with Crippen LogP contribution >= 0.6 is 0 Å². The fraction of sp³-hybridized carbons (Fsp3) is 0.462. The first-order chi connectivity index (χ1) is 7.56. The minimum atomic E-state index is -0.264. The number of hydrogen-bond donors (Lipinski definition) is 0. The second-order valence-electron chi connectivity index (χ2n) is 3.88. The van der Waals surface area contributed by atoms with E-state index in [1.54, 1.807) is 19.1 Å². The Morgan fingerprint density at radius 1 is 1.31 bits per heavy atom. The lowest BCUT2D eigenvalue weighted by molar-refractivity contribution is -0.148. The molecule has 0 fully saturated rings. The van der Waals surface area contributed by atoms with E-state index >= 15 is 0 Å². The van der Waals surface area contributed by atoms with Crippen LogP contribution in [0.1, 0.15) is 32.3 Å². The molecular weight excluding hydrogens is 207 g/mol. The zero-order chi connectivity index (χ0) is 12.1. The van der Waals surface area contributed by atoms with E-state index in [2.05, 4.69) is 0 Å². The minimum Gasteiger partial charge on any atom is -0.466 e. The summed E-state index contributed by atoms with van der Waals surface area (Å²) in [5, 5.41) is 0. The smallest absolute Gasteiger partial charge is 0.309 e. The highest BCUT2D eigenvalue weighted by atomic mass is 19.1. The molecule has 0 aliphatic rings. The van der Waals surface area contributed by atoms with Gasteiger partial charge >= 0.3 is 5.97 Å². The summed E-state index contributed by atoms with van der Waals surface area (Å²) in [4.78, 5) is 11.5. The van der Waals surface area contributed by atoms with Crippen LogP contribution in [0.25, 0.3) is 0 Å². The fourth-order valence-electron chi connectivity index (χ4n) is 1.53. The molecule has 1 aromatic rings. The molecule has 0 N–H and O–H groups in total. The second kappa shape index (κ2) is 5.64. The Labute approximate surface area is 95.4 Å². The van der Waals surface area contributed by atoms with E-state index in [-0.39, 0.29) is 23.6 Å². The fourth-order valence-corrected chi connectivity index (χ4v) is 1.53. The van der Waals surface area contributed by atoms with E-state index in [0.717, 1.165) is 5.56 Å². The van der Waals surface area contributed by atoms with Crippen molar-refractivity contribution in [3.05, 3.63) is 35.6 Å². The van der Waals surface area contributed by atoms with Crippen molar-refractivity contribution in [2.75, 3.05) is 6.61 Å². The number of rotatable bonds is 4. The van der Waals surface area contributed by atoms with Gasteiger partial charge in [-0.15, -0.1) is 0 Å². The molecule has 2 unspecified atom stereocenters. The van der Waals surface area contributed by atoms with Gasteiger partial charge in [-0.1, -0.05) is 26.0 Å². The molecule has 0 spiro atoms. The standard InChI is InChI=1S/C13H17FO2/c1-4-16-13(15)10(3)9(2)11-5-7-12(14)8-6-11/h5-10H,4H2,1-3H3. The molecular formula is C13H17FO2. The molecule has 3 heteroatoms. The van der Waals surface area contributed by atoms with Crippen LogP contribution in [0.2, 0.25) is 0 Å². The molecule has 0 aromatic heterocycles. The molecule has 88 valence electrons.